The Bertz CT molecular complexity index is 2880. The summed E-state index contributed by atoms with van der Waals surface area (Å²) >= 11 is 0. The van der Waals surface area contributed by atoms with E-state index in [4.69, 9.17) is 4.74 Å². The second kappa shape index (κ2) is 14.0. The van der Waals surface area contributed by atoms with Crippen LogP contribution in [0.5, 0.6) is 11.5 Å². The summed E-state index contributed by atoms with van der Waals surface area (Å²) in [6, 6.07) is 59.7. The fourth-order valence-electron chi connectivity index (χ4n) is 9.18. The number of nitrogens with zero attached hydrogens (tertiary/aromatic N) is 2. The number of fused-ring (bicyclic) bond motifs is 5. The summed E-state index contributed by atoms with van der Waals surface area (Å²) < 4.78 is 8.73. The van der Waals surface area contributed by atoms with Crippen LogP contribution in [0.3, 0.4) is 0 Å². The molecule has 0 radical (unpaired) electrons. The zero-order valence-electron chi connectivity index (χ0n) is 31.8. The number of anilines is 2. The molecule has 1 unspecified atom stereocenters. The molecule has 0 saturated carbocycles. The Hall–Kier alpha value is -6.84. The molecule has 274 valence electrons. The Kier molecular flexibility index (Phi) is 8.24. The molecule has 7 aromatic carbocycles. The molecule has 1 atom stereocenters. The van der Waals surface area contributed by atoms with Crippen LogP contribution in [0, 0.1) is 0 Å². The molecule has 11 rings (SSSR count). The van der Waals surface area contributed by atoms with Gasteiger partial charge in [0.2, 0.25) is 0 Å². The first-order valence-corrected chi connectivity index (χ1v) is 20.3. The summed E-state index contributed by atoms with van der Waals surface area (Å²) in [4.78, 5) is 2.49. The van der Waals surface area contributed by atoms with Crippen molar-refractivity contribution in [1.82, 2.24) is 4.57 Å². The topological polar surface area (TPSA) is 17.4 Å². The number of rotatable bonds is 7. The summed E-state index contributed by atoms with van der Waals surface area (Å²) in [5.41, 5.74) is 16.0. The lowest BCUT2D eigenvalue weighted by Gasteiger charge is -2.33. The third-order valence-electron chi connectivity index (χ3n) is 12.1. The molecule has 2 heterocycles. The summed E-state index contributed by atoms with van der Waals surface area (Å²) in [7, 11) is 0. The van der Waals surface area contributed by atoms with Gasteiger partial charge in [0.05, 0.1) is 22.8 Å². The molecule has 0 saturated heterocycles. The van der Waals surface area contributed by atoms with E-state index in [2.05, 4.69) is 191 Å². The fraction of sp³-hybridized carbons (Fsp3) is 0.111. The number of allylic oxidation sites excluding steroid dienone is 4. The fourth-order valence-corrected chi connectivity index (χ4v) is 9.18. The maximum Gasteiger partial charge on any atom is 0.152 e. The molecule has 3 aliphatic rings. The molecule has 0 N–H and O–H groups in total. The third kappa shape index (κ3) is 5.98. The molecule has 2 aliphatic carbocycles. The van der Waals surface area contributed by atoms with Gasteiger partial charge in [0.1, 0.15) is 0 Å². The van der Waals surface area contributed by atoms with Crippen LogP contribution in [0.1, 0.15) is 43.2 Å². The Morgan fingerprint density at radius 1 is 0.526 bits per heavy atom. The lowest BCUT2D eigenvalue weighted by molar-refractivity contribution is 0.476. The van der Waals surface area contributed by atoms with E-state index in [1.807, 2.05) is 6.07 Å². The summed E-state index contributed by atoms with van der Waals surface area (Å²) in [6.45, 7) is 0. The third-order valence-corrected chi connectivity index (χ3v) is 12.1. The highest BCUT2D eigenvalue weighted by atomic mass is 16.5. The van der Waals surface area contributed by atoms with E-state index in [0.29, 0.717) is 0 Å². The SMILES string of the molecule is C1=CC(N(c2ccc(-c3ccccc3)cc2)c2ccc(-c3ccc(C4=CCCCC4)cc3)cc2)CC=C1c1ccc2c(c1)c1cccc3c1n2-c1ccccc1O3. The molecule has 0 bridgehead atoms. The van der Waals surface area contributed by atoms with Crippen LogP contribution < -0.4 is 9.64 Å². The predicted molar refractivity (Wildman–Crippen MR) is 239 cm³/mol. The van der Waals surface area contributed by atoms with Gasteiger partial charge in [-0.15, -0.1) is 0 Å². The minimum absolute atomic E-state index is 0.154. The quantitative estimate of drug-likeness (QED) is 0.162. The van der Waals surface area contributed by atoms with Crippen molar-refractivity contribution in [3.8, 4) is 39.4 Å². The summed E-state index contributed by atoms with van der Waals surface area (Å²) in [5, 5.41) is 2.45. The lowest BCUT2D eigenvalue weighted by Crippen LogP contribution is -2.30. The van der Waals surface area contributed by atoms with Crippen molar-refractivity contribution < 1.29 is 4.74 Å². The van der Waals surface area contributed by atoms with Crippen molar-refractivity contribution in [3.63, 3.8) is 0 Å². The van der Waals surface area contributed by atoms with Crippen LogP contribution in [0.2, 0.25) is 0 Å². The molecule has 0 spiro atoms. The zero-order valence-corrected chi connectivity index (χ0v) is 31.8. The highest BCUT2D eigenvalue weighted by Crippen LogP contribution is 2.46. The Labute approximate surface area is 334 Å². The van der Waals surface area contributed by atoms with Gasteiger partial charge in [-0.1, -0.05) is 133 Å². The van der Waals surface area contributed by atoms with E-state index in [1.54, 1.807) is 0 Å². The number of hydrogen-bond acceptors (Lipinski definition) is 2. The van der Waals surface area contributed by atoms with E-state index in [0.717, 1.165) is 29.1 Å². The average Bonchev–Trinajstić information content (AvgIpc) is 3.63. The lowest BCUT2D eigenvalue weighted by atomic mass is 9.92. The number of para-hydroxylation sites is 3. The molecular formula is C54H42N2O. The predicted octanol–water partition coefficient (Wildman–Crippen LogP) is 14.7. The number of aromatic nitrogens is 1. The maximum absolute atomic E-state index is 6.37. The second-order valence-corrected chi connectivity index (χ2v) is 15.5. The average molecular weight is 735 g/mol. The van der Waals surface area contributed by atoms with Crippen LogP contribution in [-0.2, 0) is 0 Å². The number of ether oxygens (including phenoxy) is 1. The van der Waals surface area contributed by atoms with Crippen molar-refractivity contribution in [2.75, 3.05) is 4.90 Å². The Morgan fingerprint density at radius 3 is 1.88 bits per heavy atom. The van der Waals surface area contributed by atoms with E-state index < -0.39 is 0 Å². The first-order valence-electron chi connectivity index (χ1n) is 20.3. The largest absolute Gasteiger partial charge is 0.453 e. The first kappa shape index (κ1) is 33.5. The standard InChI is InChI=1S/C54H42N2O/c1-3-10-37(11-4-1)39-18-20-40(21-19-39)42-24-31-46(32-25-42)55(45-29-22-41(23-30-45)38-12-5-2-6-13-38)47-33-26-43(27-34-47)44-28-35-50-49(36-44)48-14-9-17-53-54(48)56(50)51-15-7-8-16-52(51)57-53/h2,5-10,12-33,35-36,47H,1,3-4,11,34H2. The highest BCUT2D eigenvalue weighted by Gasteiger charge is 2.25. The van der Waals surface area contributed by atoms with E-state index in [-0.39, 0.29) is 6.04 Å². The van der Waals surface area contributed by atoms with Gasteiger partial charge in [-0.2, -0.15) is 0 Å². The Balaban J connectivity index is 0.914. The maximum atomic E-state index is 6.37. The smallest absolute Gasteiger partial charge is 0.152 e. The molecule has 3 heteroatoms. The number of benzene rings is 7. The number of hydrogen-bond donors (Lipinski definition) is 0. The molecule has 8 aromatic rings. The molecule has 57 heavy (non-hydrogen) atoms. The van der Waals surface area contributed by atoms with Gasteiger partial charge in [0.15, 0.2) is 11.5 Å². The van der Waals surface area contributed by atoms with Gasteiger partial charge in [0, 0.05) is 22.1 Å². The Morgan fingerprint density at radius 2 is 1.18 bits per heavy atom. The van der Waals surface area contributed by atoms with Gasteiger partial charge in [-0.05, 0) is 131 Å². The molecule has 3 nitrogen and oxygen atoms in total. The molecule has 1 aromatic heterocycles. The van der Waals surface area contributed by atoms with Crippen molar-refractivity contribution in [2.24, 2.45) is 0 Å². The normalized spacial score (nSPS) is 15.8. The molecule has 0 fully saturated rings. The van der Waals surface area contributed by atoms with E-state index in [9.17, 15) is 0 Å². The second-order valence-electron chi connectivity index (χ2n) is 15.5. The molecular weight excluding hydrogens is 693 g/mol. The van der Waals surface area contributed by atoms with E-state index >= 15 is 0 Å². The van der Waals surface area contributed by atoms with Crippen molar-refractivity contribution >= 4 is 44.3 Å². The molecule has 0 amide bonds. The van der Waals surface area contributed by atoms with Crippen LogP contribution in [0.15, 0.2) is 188 Å². The van der Waals surface area contributed by atoms with Gasteiger partial charge >= 0.3 is 0 Å². The van der Waals surface area contributed by atoms with Crippen molar-refractivity contribution in [1.29, 1.82) is 0 Å². The van der Waals surface area contributed by atoms with Crippen LogP contribution in [-0.4, -0.2) is 10.6 Å². The summed E-state index contributed by atoms with van der Waals surface area (Å²) in [5.74, 6) is 1.79. The van der Waals surface area contributed by atoms with Crippen molar-refractivity contribution in [2.45, 2.75) is 38.1 Å². The van der Waals surface area contributed by atoms with Gasteiger partial charge < -0.3 is 14.2 Å². The van der Waals surface area contributed by atoms with Crippen LogP contribution in [0.25, 0.3) is 60.9 Å². The van der Waals surface area contributed by atoms with Crippen LogP contribution >= 0.6 is 0 Å². The van der Waals surface area contributed by atoms with E-state index in [1.165, 1.54) is 97.9 Å². The molecule has 1 aliphatic heterocycles. The van der Waals surface area contributed by atoms with Crippen molar-refractivity contribution in [3.05, 3.63) is 199 Å². The minimum Gasteiger partial charge on any atom is -0.453 e. The monoisotopic (exact) mass is 734 g/mol. The van der Waals surface area contributed by atoms with Gasteiger partial charge in [-0.3, -0.25) is 0 Å². The first-order chi connectivity index (χ1) is 28.2. The van der Waals surface area contributed by atoms with Gasteiger partial charge in [0.25, 0.3) is 0 Å². The minimum atomic E-state index is 0.154. The van der Waals surface area contributed by atoms with Crippen LogP contribution in [0.4, 0.5) is 11.4 Å². The van der Waals surface area contributed by atoms with Gasteiger partial charge in [-0.25, -0.2) is 0 Å². The highest BCUT2D eigenvalue weighted by molar-refractivity contribution is 6.13. The zero-order chi connectivity index (χ0) is 37.7. The summed E-state index contributed by atoms with van der Waals surface area (Å²) in [6.07, 6.45) is 15.4.